The van der Waals surface area contributed by atoms with Crippen LogP contribution in [-0.4, -0.2) is 0 Å². The zero-order valence-electron chi connectivity index (χ0n) is 10.6. The Morgan fingerprint density at radius 3 is 2.38 bits per heavy atom. The van der Waals surface area contributed by atoms with Gasteiger partial charge >= 0.3 is 6.18 Å². The molecule has 0 N–H and O–H groups in total. The first-order valence-corrected chi connectivity index (χ1v) is 7.73. The summed E-state index contributed by atoms with van der Waals surface area (Å²) in [6.45, 7) is 0. The van der Waals surface area contributed by atoms with Crippen LogP contribution in [0.5, 0.6) is 0 Å². The summed E-state index contributed by atoms with van der Waals surface area (Å²) in [7, 11) is 0. The number of rotatable bonds is 3. The van der Waals surface area contributed by atoms with Crippen LogP contribution in [0.3, 0.4) is 0 Å². The van der Waals surface area contributed by atoms with Crippen molar-refractivity contribution in [2.45, 2.75) is 17.4 Å². The maximum absolute atomic E-state index is 13.1. The molecule has 1 unspecified atom stereocenters. The smallest absolute Gasteiger partial charge is 0.207 e. The van der Waals surface area contributed by atoms with Crippen LogP contribution in [-0.2, 0) is 12.6 Å². The number of hydrogen-bond donors (Lipinski definition) is 0. The van der Waals surface area contributed by atoms with Crippen LogP contribution in [0.25, 0.3) is 0 Å². The fraction of sp³-hybridized carbons (Fsp3) is 0.200. The molecule has 0 spiro atoms. The molecule has 0 aliphatic carbocycles. The number of halogens is 6. The second-order valence-corrected chi connectivity index (χ2v) is 6.50. The van der Waals surface area contributed by atoms with E-state index in [2.05, 4.69) is 31.9 Å². The van der Waals surface area contributed by atoms with Gasteiger partial charge in [-0.15, -0.1) is 0 Å². The molecule has 0 saturated carbocycles. The maximum atomic E-state index is 13.1. The first-order chi connectivity index (χ1) is 9.77. The summed E-state index contributed by atoms with van der Waals surface area (Å²) in [5.74, 6) is -0.362. The highest BCUT2D eigenvalue weighted by molar-refractivity contribution is 9.10. The fourth-order valence-corrected chi connectivity index (χ4v) is 3.07. The van der Waals surface area contributed by atoms with E-state index in [9.17, 15) is 17.6 Å². The third kappa shape index (κ3) is 4.30. The van der Waals surface area contributed by atoms with Gasteiger partial charge in [0.1, 0.15) is 5.82 Å². The first kappa shape index (κ1) is 16.5. The lowest BCUT2D eigenvalue weighted by molar-refractivity contribution is -0.138. The van der Waals surface area contributed by atoms with Crippen LogP contribution in [0, 0.1) is 5.82 Å². The van der Waals surface area contributed by atoms with Crippen molar-refractivity contribution < 1.29 is 17.6 Å². The third-order valence-corrected chi connectivity index (χ3v) is 4.51. The van der Waals surface area contributed by atoms with Crippen LogP contribution < -0.4 is 0 Å². The Labute approximate surface area is 136 Å². The molecule has 2 rings (SSSR count). The van der Waals surface area contributed by atoms with Crippen molar-refractivity contribution in [2.75, 3.05) is 0 Å². The van der Waals surface area contributed by atoms with Crippen LogP contribution in [0.1, 0.15) is 21.5 Å². The summed E-state index contributed by atoms with van der Waals surface area (Å²) in [4.78, 5) is -0.325. The lowest BCUT2D eigenvalue weighted by Crippen LogP contribution is -2.07. The van der Waals surface area contributed by atoms with Gasteiger partial charge in [-0.25, -0.2) is 4.39 Å². The van der Waals surface area contributed by atoms with Crippen LogP contribution in [0.4, 0.5) is 17.6 Å². The minimum atomic E-state index is -4.42. The second kappa shape index (κ2) is 6.48. The molecule has 2 aromatic rings. The van der Waals surface area contributed by atoms with E-state index in [-0.39, 0.29) is 15.1 Å². The van der Waals surface area contributed by atoms with E-state index in [1.165, 1.54) is 18.2 Å². The van der Waals surface area contributed by atoms with Gasteiger partial charge in [-0.05, 0) is 41.8 Å². The Hall–Kier alpha value is -0.880. The summed E-state index contributed by atoms with van der Waals surface area (Å²) in [5, 5.41) is 0. The molecule has 1 atom stereocenters. The fourth-order valence-electron chi connectivity index (χ4n) is 1.94. The van der Waals surface area contributed by atoms with Crippen LogP contribution in [0.15, 0.2) is 46.9 Å². The van der Waals surface area contributed by atoms with Gasteiger partial charge in [0.2, 0.25) is 0 Å². The van der Waals surface area contributed by atoms with E-state index in [1.807, 2.05) is 0 Å². The van der Waals surface area contributed by atoms with Gasteiger partial charge in [-0.3, -0.25) is 0 Å². The molecule has 0 fully saturated rings. The molecule has 2 aromatic carbocycles. The molecule has 0 amide bonds. The summed E-state index contributed by atoms with van der Waals surface area (Å²) >= 11 is 6.27. The van der Waals surface area contributed by atoms with Gasteiger partial charge in [0, 0.05) is 9.30 Å². The molecule has 0 bridgehead atoms. The van der Waals surface area contributed by atoms with Crippen molar-refractivity contribution in [1.29, 1.82) is 0 Å². The summed E-state index contributed by atoms with van der Waals surface area (Å²) < 4.78 is 51.8. The molecule has 0 saturated heterocycles. The molecular formula is C15H10Br2F4. The highest BCUT2D eigenvalue weighted by Gasteiger charge is 2.33. The number of hydrogen-bond acceptors (Lipinski definition) is 0. The summed E-state index contributed by atoms with van der Waals surface area (Å²) in [6, 6.07) is 10.1. The average molecular weight is 426 g/mol. The van der Waals surface area contributed by atoms with Crippen molar-refractivity contribution in [1.82, 2.24) is 0 Å². The van der Waals surface area contributed by atoms with Crippen molar-refractivity contribution >= 4 is 31.9 Å². The molecule has 0 radical (unpaired) electrons. The normalized spacial score (nSPS) is 13.2. The molecule has 21 heavy (non-hydrogen) atoms. The van der Waals surface area contributed by atoms with Crippen LogP contribution in [0.2, 0.25) is 0 Å². The Morgan fingerprint density at radius 2 is 1.76 bits per heavy atom. The predicted molar refractivity (Wildman–Crippen MR) is 80.9 cm³/mol. The molecule has 0 aliphatic rings. The number of benzene rings is 2. The van der Waals surface area contributed by atoms with Gasteiger partial charge in [0.15, 0.2) is 0 Å². The highest BCUT2D eigenvalue weighted by atomic mass is 79.9. The lowest BCUT2D eigenvalue weighted by Gasteiger charge is -2.15. The van der Waals surface area contributed by atoms with Gasteiger partial charge in [-0.1, -0.05) is 50.1 Å². The van der Waals surface area contributed by atoms with Crippen molar-refractivity contribution in [3.8, 4) is 0 Å². The van der Waals surface area contributed by atoms with E-state index in [0.717, 1.165) is 6.07 Å². The molecule has 0 aliphatic heterocycles. The quantitative estimate of drug-likeness (QED) is 0.400. The SMILES string of the molecule is Fc1cccc(CC(Br)c2ccc(Br)c(C(F)(F)F)c2)c1. The van der Waals surface area contributed by atoms with Gasteiger partial charge in [0.05, 0.1) is 5.56 Å². The third-order valence-electron chi connectivity index (χ3n) is 2.96. The van der Waals surface area contributed by atoms with Gasteiger partial charge in [-0.2, -0.15) is 13.2 Å². The molecule has 112 valence electrons. The summed E-state index contributed by atoms with van der Waals surface area (Å²) in [6.07, 6.45) is -4.02. The number of alkyl halides is 4. The van der Waals surface area contributed by atoms with E-state index in [0.29, 0.717) is 17.5 Å². The largest absolute Gasteiger partial charge is 0.417 e. The predicted octanol–water partition coefficient (Wildman–Crippen LogP) is 6.29. The Bertz CT molecular complexity index is 638. The monoisotopic (exact) mass is 424 g/mol. The maximum Gasteiger partial charge on any atom is 0.417 e. The molecular weight excluding hydrogens is 416 g/mol. The van der Waals surface area contributed by atoms with Crippen molar-refractivity contribution in [3.63, 3.8) is 0 Å². The van der Waals surface area contributed by atoms with E-state index >= 15 is 0 Å². The first-order valence-electron chi connectivity index (χ1n) is 6.02. The topological polar surface area (TPSA) is 0 Å². The zero-order chi connectivity index (χ0) is 15.6. The van der Waals surface area contributed by atoms with Crippen molar-refractivity contribution in [2.24, 2.45) is 0 Å². The van der Waals surface area contributed by atoms with E-state index < -0.39 is 11.7 Å². The Balaban J connectivity index is 2.25. The Kier molecular flexibility index (Phi) is 5.09. The minimum absolute atomic E-state index is 0.00389. The molecule has 0 heterocycles. The summed E-state index contributed by atoms with van der Waals surface area (Å²) in [5.41, 5.74) is 0.492. The second-order valence-electron chi connectivity index (χ2n) is 4.54. The molecule has 6 heteroatoms. The zero-order valence-corrected chi connectivity index (χ0v) is 13.8. The van der Waals surface area contributed by atoms with Crippen molar-refractivity contribution in [3.05, 3.63) is 69.4 Å². The average Bonchev–Trinajstić information content (AvgIpc) is 2.37. The minimum Gasteiger partial charge on any atom is -0.207 e. The van der Waals surface area contributed by atoms with E-state index in [1.54, 1.807) is 18.2 Å². The Morgan fingerprint density at radius 1 is 1.05 bits per heavy atom. The van der Waals surface area contributed by atoms with Gasteiger partial charge in [0.25, 0.3) is 0 Å². The van der Waals surface area contributed by atoms with Crippen LogP contribution >= 0.6 is 31.9 Å². The van der Waals surface area contributed by atoms with E-state index in [4.69, 9.17) is 0 Å². The highest BCUT2D eigenvalue weighted by Crippen LogP contribution is 2.38. The van der Waals surface area contributed by atoms with Gasteiger partial charge < -0.3 is 0 Å². The molecule has 0 aromatic heterocycles. The standard InChI is InChI=1S/C15H10Br2F4/c16-13-5-4-10(8-12(13)15(19,20)21)14(17)7-9-2-1-3-11(18)6-9/h1-6,8,14H,7H2. The molecule has 0 nitrogen and oxygen atoms in total. The lowest BCUT2D eigenvalue weighted by atomic mass is 10.0.